The van der Waals surface area contributed by atoms with Gasteiger partial charge in [0.2, 0.25) is 0 Å². The lowest BCUT2D eigenvalue weighted by Gasteiger charge is -2.46. The largest absolute Gasteiger partial charge is 0.504 e. The summed E-state index contributed by atoms with van der Waals surface area (Å²) in [6.07, 6.45) is -12.6. The van der Waals surface area contributed by atoms with Gasteiger partial charge in [0.1, 0.15) is 36.6 Å². The molecule has 0 saturated carbocycles. The number of phenolic OH excluding ortho intramolecular Hbond substituents is 4. The molecule has 15 heteroatoms. The lowest BCUT2D eigenvalue weighted by Crippen LogP contribution is -2.65. The van der Waals surface area contributed by atoms with Gasteiger partial charge in [0, 0.05) is 6.08 Å². The number of aliphatic hydroxyl groups excluding tert-OH is 5. The van der Waals surface area contributed by atoms with E-state index in [-0.39, 0.29) is 30.3 Å². The molecule has 2 fully saturated rings. The van der Waals surface area contributed by atoms with Gasteiger partial charge >= 0.3 is 5.97 Å². The molecule has 0 spiro atoms. The molecule has 9 N–H and O–H groups in total. The Kier molecular flexibility index (Phi) is 11.0. The highest BCUT2D eigenvalue weighted by Crippen LogP contribution is 2.32. The molecule has 0 aromatic heterocycles. The topological polar surface area (TPSA) is 245 Å². The van der Waals surface area contributed by atoms with Crippen molar-refractivity contribution in [1.82, 2.24) is 0 Å². The summed E-state index contributed by atoms with van der Waals surface area (Å²) >= 11 is 0. The number of hydrogen-bond donors (Lipinski definition) is 9. The third-order valence-corrected chi connectivity index (χ3v) is 7.27. The minimum Gasteiger partial charge on any atom is -0.504 e. The Hall–Kier alpha value is -3.51. The Morgan fingerprint density at radius 2 is 1.50 bits per heavy atom. The van der Waals surface area contributed by atoms with Crippen LogP contribution in [0.5, 0.6) is 23.0 Å². The maximum Gasteiger partial charge on any atom is 0.331 e. The maximum atomic E-state index is 12.8. The van der Waals surface area contributed by atoms with Gasteiger partial charge in [-0.25, -0.2) is 4.79 Å². The van der Waals surface area contributed by atoms with Crippen molar-refractivity contribution in [1.29, 1.82) is 0 Å². The van der Waals surface area contributed by atoms with Crippen LogP contribution >= 0.6 is 0 Å². The van der Waals surface area contributed by atoms with E-state index in [1.54, 1.807) is 6.07 Å². The van der Waals surface area contributed by atoms with E-state index in [1.165, 1.54) is 43.3 Å². The molecule has 2 saturated heterocycles. The van der Waals surface area contributed by atoms with E-state index < -0.39 is 79.7 Å². The molecular weight excluding hydrogens is 588 g/mol. The third-order valence-electron chi connectivity index (χ3n) is 7.27. The predicted molar refractivity (Wildman–Crippen MR) is 147 cm³/mol. The van der Waals surface area contributed by atoms with Crippen LogP contribution in [0.15, 0.2) is 42.5 Å². The monoisotopic (exact) mass is 624 g/mol. The van der Waals surface area contributed by atoms with Gasteiger partial charge in [-0.15, -0.1) is 0 Å². The number of rotatable bonds is 10. The zero-order chi connectivity index (χ0) is 32.1. The van der Waals surface area contributed by atoms with Gasteiger partial charge in [-0.05, 0) is 54.8 Å². The number of benzene rings is 2. The molecule has 2 aromatic rings. The molecule has 44 heavy (non-hydrogen) atoms. The molecule has 2 aliphatic rings. The second-order valence-corrected chi connectivity index (χ2v) is 10.4. The third kappa shape index (κ3) is 7.76. The van der Waals surface area contributed by atoms with Crippen molar-refractivity contribution in [2.24, 2.45) is 0 Å². The Morgan fingerprint density at radius 1 is 0.818 bits per heavy atom. The van der Waals surface area contributed by atoms with Crippen molar-refractivity contribution in [3.05, 3.63) is 53.6 Å². The van der Waals surface area contributed by atoms with Gasteiger partial charge in [0.05, 0.1) is 19.3 Å². The number of aromatic hydroxyl groups is 4. The van der Waals surface area contributed by atoms with Crippen molar-refractivity contribution in [3.63, 3.8) is 0 Å². The molecule has 0 amide bonds. The molecule has 0 unspecified atom stereocenters. The standard InChI is InChI=1S/C29H36O15/c1-13-22(36)23(37)24(38)29(41-13)44-27-25(39)28(40-9-8-15-3-6-17(32)19(34)11-15)42-20(12-30)26(27)43-21(35)7-4-14-2-5-16(31)18(33)10-14/h2-7,10-11,13,20,22-34,36-39H,8-9,12H2,1H3/t13-,20+,22+,23-,24+,25+,26+,27-,28+,29-/m0/s1. The second kappa shape index (κ2) is 14.5. The smallest absolute Gasteiger partial charge is 0.331 e. The van der Waals surface area contributed by atoms with Crippen LogP contribution in [0.25, 0.3) is 6.08 Å². The van der Waals surface area contributed by atoms with E-state index in [0.29, 0.717) is 11.1 Å². The number of esters is 1. The zero-order valence-corrected chi connectivity index (χ0v) is 23.5. The van der Waals surface area contributed by atoms with Crippen molar-refractivity contribution in [2.75, 3.05) is 13.2 Å². The van der Waals surface area contributed by atoms with Gasteiger partial charge < -0.3 is 69.6 Å². The Balaban J connectivity index is 1.52. The Bertz CT molecular complexity index is 1300. The number of aliphatic hydroxyl groups is 5. The van der Waals surface area contributed by atoms with Crippen LogP contribution in [0.2, 0.25) is 0 Å². The quantitative estimate of drug-likeness (QED) is 0.0873. The van der Waals surface area contributed by atoms with E-state index in [4.69, 9.17) is 23.7 Å². The average molecular weight is 625 g/mol. The summed E-state index contributed by atoms with van der Waals surface area (Å²) in [7, 11) is 0. The van der Waals surface area contributed by atoms with Gasteiger partial charge in [-0.3, -0.25) is 0 Å². The van der Waals surface area contributed by atoms with E-state index in [1.807, 2.05) is 0 Å². The first-order chi connectivity index (χ1) is 20.9. The van der Waals surface area contributed by atoms with Crippen LogP contribution in [0, 0.1) is 0 Å². The number of carbonyl (C=O) groups is 1. The van der Waals surface area contributed by atoms with E-state index >= 15 is 0 Å². The van der Waals surface area contributed by atoms with Gasteiger partial charge in [-0.1, -0.05) is 12.1 Å². The molecule has 2 aromatic carbocycles. The number of carbonyl (C=O) groups excluding carboxylic acids is 1. The molecule has 15 nitrogen and oxygen atoms in total. The number of phenols is 4. The highest BCUT2D eigenvalue weighted by Gasteiger charge is 2.52. The maximum absolute atomic E-state index is 12.8. The molecule has 242 valence electrons. The summed E-state index contributed by atoms with van der Waals surface area (Å²) < 4.78 is 28.2. The second-order valence-electron chi connectivity index (χ2n) is 10.4. The Morgan fingerprint density at radius 3 is 2.16 bits per heavy atom. The predicted octanol–water partition coefficient (Wildman–Crippen LogP) is -1.02. The van der Waals surface area contributed by atoms with Crippen LogP contribution in [0.4, 0.5) is 0 Å². The summed E-state index contributed by atoms with van der Waals surface area (Å²) in [5, 5.41) is 90.5. The first-order valence-electron chi connectivity index (χ1n) is 13.7. The average Bonchev–Trinajstić information content (AvgIpc) is 2.99. The molecule has 2 heterocycles. The first kappa shape index (κ1) is 33.4. The highest BCUT2D eigenvalue weighted by molar-refractivity contribution is 5.87. The lowest BCUT2D eigenvalue weighted by molar-refractivity contribution is -0.357. The fourth-order valence-electron chi connectivity index (χ4n) is 4.76. The molecule has 0 radical (unpaired) electrons. The minimum absolute atomic E-state index is 0.0754. The van der Waals surface area contributed by atoms with E-state index in [0.717, 1.165) is 6.08 Å². The van der Waals surface area contributed by atoms with E-state index in [9.17, 15) is 50.8 Å². The highest BCUT2D eigenvalue weighted by atomic mass is 16.7. The first-order valence-corrected chi connectivity index (χ1v) is 13.7. The Labute approximate surface area is 251 Å². The van der Waals surface area contributed by atoms with Gasteiger partial charge in [-0.2, -0.15) is 0 Å². The lowest BCUT2D eigenvalue weighted by atomic mass is 9.97. The molecule has 0 bridgehead atoms. The fourth-order valence-corrected chi connectivity index (χ4v) is 4.76. The normalized spacial score (nSPS) is 32.5. The van der Waals surface area contributed by atoms with Gasteiger partial charge in [0.25, 0.3) is 0 Å². The molecule has 4 rings (SSSR count). The van der Waals surface area contributed by atoms with Crippen LogP contribution in [0.1, 0.15) is 18.1 Å². The van der Waals surface area contributed by atoms with Crippen LogP contribution < -0.4 is 0 Å². The molecule has 10 atom stereocenters. The molecular formula is C29H36O15. The summed E-state index contributed by atoms with van der Waals surface area (Å²) in [6.45, 7) is 0.606. The van der Waals surface area contributed by atoms with Crippen molar-refractivity contribution >= 4 is 12.0 Å². The number of hydrogen-bond acceptors (Lipinski definition) is 15. The van der Waals surface area contributed by atoms with Crippen LogP contribution in [-0.4, -0.2) is 127 Å². The fraction of sp³-hybridized carbons (Fsp3) is 0.483. The summed E-state index contributed by atoms with van der Waals surface area (Å²) in [4.78, 5) is 12.8. The number of ether oxygens (including phenoxy) is 5. The van der Waals surface area contributed by atoms with Crippen molar-refractivity contribution in [3.8, 4) is 23.0 Å². The molecule has 2 aliphatic heterocycles. The zero-order valence-electron chi connectivity index (χ0n) is 23.5. The summed E-state index contributed by atoms with van der Waals surface area (Å²) in [5.41, 5.74) is 0.914. The van der Waals surface area contributed by atoms with Gasteiger partial charge in [0.15, 0.2) is 41.7 Å². The molecule has 0 aliphatic carbocycles. The van der Waals surface area contributed by atoms with Crippen LogP contribution in [-0.2, 0) is 34.9 Å². The SMILES string of the molecule is C[C@@H]1O[C@@H](O[C@H]2[C@@H](O)[C@H](OCCc3ccc(O)c(O)c3)O[C@H](CO)[C@H]2OC(=O)C=Cc2ccc(O)c(O)c2)[C@H](O)[C@@H](O)[C@@H]1O. The van der Waals surface area contributed by atoms with Crippen molar-refractivity contribution < 1.29 is 74.4 Å². The van der Waals surface area contributed by atoms with Crippen LogP contribution in [0.3, 0.4) is 0 Å². The van der Waals surface area contributed by atoms with E-state index in [2.05, 4.69) is 0 Å². The summed E-state index contributed by atoms with van der Waals surface area (Å²) in [6, 6.07) is 7.98. The summed E-state index contributed by atoms with van der Waals surface area (Å²) in [5.74, 6) is -2.40. The van der Waals surface area contributed by atoms with Crippen molar-refractivity contribution in [2.45, 2.75) is 74.8 Å². The minimum atomic E-state index is -1.77.